The number of pyridine rings is 2. The molecule has 4 aromatic heterocycles. The molecule has 0 aliphatic heterocycles. The highest BCUT2D eigenvalue weighted by Crippen LogP contribution is 2.30. The SMILES string of the molecule is CCN(CC)C(=O)c1cc(Br)cc(-c2nc3cc(Cc4ccc5c(c4)nc(-c4cc(Br)cc(C(=O)N(CC)CC)n4)n5CC)ccc3n2CC)n1. The first-order valence-corrected chi connectivity index (χ1v) is 19.1. The molecule has 0 atom stereocenters. The van der Waals surface area contributed by atoms with Crippen LogP contribution in [0.25, 0.3) is 45.1 Å². The van der Waals surface area contributed by atoms with E-state index in [1.165, 1.54) is 0 Å². The van der Waals surface area contributed by atoms with Gasteiger partial charge in [0.25, 0.3) is 11.8 Å². The van der Waals surface area contributed by atoms with Gasteiger partial charge in [-0.05, 0) is 108 Å². The normalized spacial score (nSPS) is 11.5. The fourth-order valence-corrected chi connectivity index (χ4v) is 7.49. The Hall–Kier alpha value is -4.42. The molecule has 0 bridgehead atoms. The number of hydrogen-bond acceptors (Lipinski definition) is 6. The van der Waals surface area contributed by atoms with Crippen LogP contribution in [0.3, 0.4) is 0 Å². The van der Waals surface area contributed by atoms with Crippen LogP contribution in [0.15, 0.2) is 69.6 Å². The number of nitrogens with zero attached hydrogens (tertiary/aromatic N) is 8. The number of fused-ring (bicyclic) bond motifs is 2. The predicted octanol–water partition coefficient (Wildman–Crippen LogP) is 8.63. The summed E-state index contributed by atoms with van der Waals surface area (Å²) in [6.07, 6.45) is 0.698. The average molecular weight is 815 g/mol. The van der Waals surface area contributed by atoms with Gasteiger partial charge in [-0.15, -0.1) is 0 Å². The summed E-state index contributed by atoms with van der Waals surface area (Å²) in [4.78, 5) is 49.5. The quantitative estimate of drug-likeness (QED) is 0.123. The van der Waals surface area contributed by atoms with E-state index < -0.39 is 0 Å². The Morgan fingerprint density at radius 1 is 0.569 bits per heavy atom. The molecule has 0 aliphatic carbocycles. The van der Waals surface area contributed by atoms with E-state index in [0.717, 1.165) is 53.8 Å². The lowest BCUT2D eigenvalue weighted by atomic mass is 10.0. The molecule has 0 aliphatic rings. The van der Waals surface area contributed by atoms with Gasteiger partial charge in [0.2, 0.25) is 0 Å². The first-order valence-electron chi connectivity index (χ1n) is 17.5. The summed E-state index contributed by atoms with van der Waals surface area (Å²) < 4.78 is 5.85. The highest BCUT2D eigenvalue weighted by atomic mass is 79.9. The standard InChI is InChI=1S/C39H42Br2N8O2/c1-7-46(8-2)38(50)32-22-26(40)20-30(42-32)36-44-28-18-24(13-15-34(28)48(36)11-5)17-25-14-16-35-29(19-25)45-37(49(35)12-6)31-21-27(41)23-33(43-31)39(51)47(9-3)10-4/h13-16,18-23H,7-12,17H2,1-6H3. The van der Waals surface area contributed by atoms with Crippen LogP contribution >= 0.6 is 31.9 Å². The molecule has 0 unspecified atom stereocenters. The van der Waals surface area contributed by atoms with Crippen LogP contribution in [0.4, 0.5) is 0 Å². The van der Waals surface area contributed by atoms with E-state index in [2.05, 4.69) is 91.2 Å². The molecule has 0 saturated heterocycles. The van der Waals surface area contributed by atoms with Crippen molar-refractivity contribution >= 4 is 65.7 Å². The molecular weight excluding hydrogens is 772 g/mol. The zero-order chi connectivity index (χ0) is 36.4. The van der Waals surface area contributed by atoms with Crippen molar-refractivity contribution in [3.05, 3.63) is 92.1 Å². The number of halogens is 2. The van der Waals surface area contributed by atoms with Crippen LogP contribution < -0.4 is 0 Å². The number of aromatic nitrogens is 6. The molecule has 2 aromatic carbocycles. The summed E-state index contributed by atoms with van der Waals surface area (Å²) in [6, 6.07) is 20.1. The van der Waals surface area contributed by atoms with Crippen molar-refractivity contribution in [2.24, 2.45) is 0 Å². The van der Waals surface area contributed by atoms with Crippen LogP contribution in [0.5, 0.6) is 0 Å². The zero-order valence-corrected chi connectivity index (χ0v) is 33.0. The minimum atomic E-state index is -0.0973. The second-order valence-corrected chi connectivity index (χ2v) is 14.1. The van der Waals surface area contributed by atoms with Gasteiger partial charge >= 0.3 is 0 Å². The predicted molar refractivity (Wildman–Crippen MR) is 210 cm³/mol. The highest BCUT2D eigenvalue weighted by molar-refractivity contribution is 9.10. The number of carbonyl (C=O) groups is 2. The maximum atomic E-state index is 13.2. The van der Waals surface area contributed by atoms with Crippen LogP contribution in [-0.4, -0.2) is 76.9 Å². The van der Waals surface area contributed by atoms with Gasteiger partial charge in [0.15, 0.2) is 11.6 Å². The summed E-state index contributed by atoms with van der Waals surface area (Å²) in [5, 5.41) is 0. The molecular formula is C39H42Br2N8O2. The molecule has 0 spiro atoms. The van der Waals surface area contributed by atoms with Gasteiger partial charge in [-0.1, -0.05) is 44.0 Å². The Labute approximate surface area is 315 Å². The van der Waals surface area contributed by atoms with Gasteiger partial charge in [0.05, 0.1) is 22.1 Å². The van der Waals surface area contributed by atoms with Crippen molar-refractivity contribution in [1.29, 1.82) is 0 Å². The second-order valence-electron chi connectivity index (χ2n) is 12.2. The Bertz CT molecular complexity index is 2090. The van der Waals surface area contributed by atoms with Crippen molar-refractivity contribution < 1.29 is 9.59 Å². The van der Waals surface area contributed by atoms with E-state index in [1.54, 1.807) is 21.9 Å². The largest absolute Gasteiger partial charge is 0.338 e. The molecule has 2 amide bonds. The molecule has 6 rings (SSSR count). The van der Waals surface area contributed by atoms with Crippen molar-refractivity contribution in [2.45, 2.75) is 61.1 Å². The lowest BCUT2D eigenvalue weighted by Crippen LogP contribution is -2.31. The van der Waals surface area contributed by atoms with Gasteiger partial charge in [-0.2, -0.15) is 0 Å². The number of aryl methyl sites for hydroxylation is 2. The molecule has 0 radical (unpaired) electrons. The molecule has 264 valence electrons. The molecule has 51 heavy (non-hydrogen) atoms. The number of rotatable bonds is 12. The highest BCUT2D eigenvalue weighted by Gasteiger charge is 2.21. The first kappa shape index (κ1) is 36.4. The summed E-state index contributed by atoms with van der Waals surface area (Å²) in [7, 11) is 0. The molecule has 4 heterocycles. The molecule has 12 heteroatoms. The summed E-state index contributed by atoms with van der Waals surface area (Å²) in [5.74, 6) is 1.25. The lowest BCUT2D eigenvalue weighted by molar-refractivity contribution is 0.0759. The lowest BCUT2D eigenvalue weighted by Gasteiger charge is -2.18. The Morgan fingerprint density at radius 2 is 0.961 bits per heavy atom. The third-order valence-electron chi connectivity index (χ3n) is 9.24. The average Bonchev–Trinajstić information content (AvgIpc) is 3.69. The van der Waals surface area contributed by atoms with Gasteiger partial charge < -0.3 is 18.9 Å². The molecule has 0 saturated carbocycles. The summed E-state index contributed by atoms with van der Waals surface area (Å²) in [6.45, 7) is 15.9. The fourth-order valence-electron chi connectivity index (χ4n) is 6.63. The first-order chi connectivity index (χ1) is 24.6. The van der Waals surface area contributed by atoms with E-state index in [0.29, 0.717) is 68.5 Å². The number of benzene rings is 2. The van der Waals surface area contributed by atoms with Gasteiger partial charge in [-0.3, -0.25) is 9.59 Å². The summed E-state index contributed by atoms with van der Waals surface area (Å²) >= 11 is 7.20. The molecule has 10 nitrogen and oxygen atoms in total. The van der Waals surface area contributed by atoms with Gasteiger partial charge in [0, 0.05) is 48.2 Å². The third kappa shape index (κ3) is 7.21. The maximum absolute atomic E-state index is 13.2. The van der Waals surface area contributed by atoms with Gasteiger partial charge in [0.1, 0.15) is 22.8 Å². The number of carbonyl (C=O) groups excluding carboxylic acids is 2. The van der Waals surface area contributed by atoms with E-state index >= 15 is 0 Å². The Balaban J connectivity index is 1.33. The van der Waals surface area contributed by atoms with Crippen molar-refractivity contribution in [2.75, 3.05) is 26.2 Å². The fraction of sp³-hybridized carbons (Fsp3) is 0.333. The third-order valence-corrected chi connectivity index (χ3v) is 10.2. The number of amides is 2. The maximum Gasteiger partial charge on any atom is 0.272 e. The van der Waals surface area contributed by atoms with Crippen LogP contribution in [0.1, 0.15) is 73.6 Å². The molecule has 0 fully saturated rings. The molecule has 6 aromatic rings. The van der Waals surface area contributed by atoms with E-state index in [1.807, 2.05) is 39.8 Å². The Morgan fingerprint density at radius 3 is 1.31 bits per heavy atom. The smallest absolute Gasteiger partial charge is 0.272 e. The zero-order valence-electron chi connectivity index (χ0n) is 29.9. The minimum Gasteiger partial charge on any atom is -0.338 e. The van der Waals surface area contributed by atoms with Crippen LogP contribution in [-0.2, 0) is 19.5 Å². The Kier molecular flexibility index (Phi) is 11.0. The van der Waals surface area contributed by atoms with Crippen molar-refractivity contribution in [1.82, 2.24) is 38.9 Å². The topological polar surface area (TPSA) is 102 Å². The van der Waals surface area contributed by atoms with E-state index in [9.17, 15) is 9.59 Å². The summed E-state index contributed by atoms with van der Waals surface area (Å²) in [5.41, 5.74) is 8.10. The van der Waals surface area contributed by atoms with E-state index in [-0.39, 0.29) is 11.8 Å². The number of imidazole rings is 2. The van der Waals surface area contributed by atoms with Crippen LogP contribution in [0.2, 0.25) is 0 Å². The van der Waals surface area contributed by atoms with Crippen molar-refractivity contribution in [3.8, 4) is 23.0 Å². The van der Waals surface area contributed by atoms with E-state index in [4.69, 9.17) is 19.9 Å². The minimum absolute atomic E-state index is 0.0973. The monoisotopic (exact) mass is 812 g/mol. The molecule has 0 N–H and O–H groups in total. The second kappa shape index (κ2) is 15.4. The van der Waals surface area contributed by atoms with Crippen molar-refractivity contribution in [3.63, 3.8) is 0 Å². The number of hydrogen-bond donors (Lipinski definition) is 0. The van der Waals surface area contributed by atoms with Gasteiger partial charge in [-0.25, -0.2) is 19.9 Å². The van der Waals surface area contributed by atoms with Crippen LogP contribution in [0, 0.1) is 0 Å².